The van der Waals surface area contributed by atoms with Gasteiger partial charge in [0.05, 0.1) is 16.6 Å². The number of hydrogen-bond acceptors (Lipinski definition) is 4. The maximum Gasteiger partial charge on any atom is 0.338 e. The third kappa shape index (κ3) is 4.48. The van der Waals surface area contributed by atoms with Crippen LogP contribution in [0.5, 0.6) is 0 Å². The van der Waals surface area contributed by atoms with Crippen molar-refractivity contribution in [3.05, 3.63) is 83.4 Å². The number of aryl methyl sites for hydroxylation is 2. The Kier molecular flexibility index (Phi) is 5.54. The van der Waals surface area contributed by atoms with Crippen LogP contribution in [0.1, 0.15) is 28.4 Å². The standard InChI is InChI=1S/C25H23N3O3/c1-15-8-10-18(11-9-15)23-26-21-13-12-19(14-22(21)27-23)25(30)31-17(3)24(29)28-20-7-5-4-6-16(20)2/h4-14,17H,1-3H3,(H,26,27)(H,28,29). The van der Waals surface area contributed by atoms with Crippen LogP contribution >= 0.6 is 0 Å². The molecule has 0 fully saturated rings. The quantitative estimate of drug-likeness (QED) is 0.450. The fourth-order valence-corrected chi connectivity index (χ4v) is 3.21. The van der Waals surface area contributed by atoms with Gasteiger partial charge >= 0.3 is 5.97 Å². The van der Waals surface area contributed by atoms with Gasteiger partial charge in [-0.25, -0.2) is 9.78 Å². The summed E-state index contributed by atoms with van der Waals surface area (Å²) < 4.78 is 5.38. The van der Waals surface area contributed by atoms with Crippen LogP contribution in [0.15, 0.2) is 66.7 Å². The van der Waals surface area contributed by atoms with Crippen molar-refractivity contribution in [1.82, 2.24) is 9.97 Å². The lowest BCUT2D eigenvalue weighted by molar-refractivity contribution is -0.123. The molecule has 6 heteroatoms. The average molecular weight is 413 g/mol. The molecule has 0 radical (unpaired) electrons. The molecule has 2 N–H and O–H groups in total. The van der Waals surface area contributed by atoms with Gasteiger partial charge in [0.15, 0.2) is 6.10 Å². The number of fused-ring (bicyclic) bond motifs is 1. The lowest BCUT2D eigenvalue weighted by Crippen LogP contribution is -2.30. The number of H-pyrrole nitrogens is 1. The highest BCUT2D eigenvalue weighted by Crippen LogP contribution is 2.22. The molecule has 31 heavy (non-hydrogen) atoms. The van der Waals surface area contributed by atoms with E-state index < -0.39 is 12.1 Å². The summed E-state index contributed by atoms with van der Waals surface area (Å²) in [4.78, 5) is 32.9. The molecule has 0 aliphatic heterocycles. The molecule has 1 unspecified atom stereocenters. The first-order chi connectivity index (χ1) is 14.9. The lowest BCUT2D eigenvalue weighted by Gasteiger charge is -2.14. The van der Waals surface area contributed by atoms with Crippen molar-refractivity contribution in [2.75, 3.05) is 5.32 Å². The van der Waals surface area contributed by atoms with Crippen LogP contribution in [0.4, 0.5) is 5.69 Å². The molecule has 0 spiro atoms. The average Bonchev–Trinajstić information content (AvgIpc) is 3.19. The highest BCUT2D eigenvalue weighted by atomic mass is 16.5. The highest BCUT2D eigenvalue weighted by molar-refractivity contribution is 5.99. The predicted molar refractivity (Wildman–Crippen MR) is 121 cm³/mol. The van der Waals surface area contributed by atoms with Crippen molar-refractivity contribution in [2.24, 2.45) is 0 Å². The van der Waals surface area contributed by atoms with Crippen molar-refractivity contribution >= 4 is 28.6 Å². The number of nitrogens with zero attached hydrogens (tertiary/aromatic N) is 1. The molecular weight excluding hydrogens is 390 g/mol. The maximum absolute atomic E-state index is 12.6. The van der Waals surface area contributed by atoms with Crippen LogP contribution in [-0.4, -0.2) is 27.9 Å². The third-order valence-corrected chi connectivity index (χ3v) is 5.10. The molecule has 0 aliphatic rings. The van der Waals surface area contributed by atoms with Crippen molar-refractivity contribution in [3.63, 3.8) is 0 Å². The summed E-state index contributed by atoms with van der Waals surface area (Å²) in [6.07, 6.45) is -0.937. The first-order valence-corrected chi connectivity index (χ1v) is 10.0. The number of aromatic nitrogens is 2. The fourth-order valence-electron chi connectivity index (χ4n) is 3.21. The first-order valence-electron chi connectivity index (χ1n) is 10.0. The number of nitrogens with one attached hydrogen (secondary N) is 2. The molecule has 1 aromatic heterocycles. The zero-order valence-corrected chi connectivity index (χ0v) is 17.6. The zero-order valence-electron chi connectivity index (χ0n) is 17.6. The zero-order chi connectivity index (χ0) is 22.0. The van der Waals surface area contributed by atoms with Crippen LogP contribution in [0, 0.1) is 13.8 Å². The number of aromatic amines is 1. The summed E-state index contributed by atoms with van der Waals surface area (Å²) in [6.45, 7) is 5.48. The van der Waals surface area contributed by atoms with Crippen molar-refractivity contribution in [2.45, 2.75) is 26.9 Å². The summed E-state index contributed by atoms with van der Waals surface area (Å²) >= 11 is 0. The molecule has 6 nitrogen and oxygen atoms in total. The number of hydrogen-bond donors (Lipinski definition) is 2. The van der Waals surface area contributed by atoms with E-state index >= 15 is 0 Å². The van der Waals surface area contributed by atoms with Crippen molar-refractivity contribution in [3.8, 4) is 11.4 Å². The number of amides is 1. The van der Waals surface area contributed by atoms with E-state index in [0.29, 0.717) is 11.3 Å². The van der Waals surface area contributed by atoms with E-state index in [2.05, 4.69) is 15.3 Å². The lowest BCUT2D eigenvalue weighted by atomic mass is 10.1. The van der Waals surface area contributed by atoms with Gasteiger partial charge < -0.3 is 15.0 Å². The molecule has 3 aromatic carbocycles. The molecule has 4 rings (SSSR count). The van der Waals surface area contributed by atoms with Crippen LogP contribution in [-0.2, 0) is 9.53 Å². The molecular formula is C25H23N3O3. The number of para-hydroxylation sites is 1. The van der Waals surface area contributed by atoms with E-state index in [1.54, 1.807) is 31.2 Å². The summed E-state index contributed by atoms with van der Waals surface area (Å²) in [5, 5.41) is 2.79. The van der Waals surface area contributed by atoms with E-state index in [9.17, 15) is 9.59 Å². The van der Waals surface area contributed by atoms with E-state index in [1.807, 2.05) is 56.3 Å². The molecule has 1 heterocycles. The van der Waals surface area contributed by atoms with Crippen LogP contribution in [0.3, 0.4) is 0 Å². The molecule has 4 aromatic rings. The topological polar surface area (TPSA) is 84.1 Å². The smallest absolute Gasteiger partial charge is 0.338 e. The first kappa shape index (κ1) is 20.3. The molecule has 0 aliphatic carbocycles. The van der Waals surface area contributed by atoms with E-state index in [1.165, 1.54) is 5.56 Å². The number of imidazole rings is 1. The Bertz CT molecular complexity index is 1260. The Balaban J connectivity index is 1.47. The minimum atomic E-state index is -0.937. The van der Waals surface area contributed by atoms with Crippen molar-refractivity contribution in [1.29, 1.82) is 0 Å². The molecule has 0 saturated heterocycles. The normalized spacial score (nSPS) is 11.8. The van der Waals surface area contributed by atoms with Gasteiger partial charge in [-0.2, -0.15) is 0 Å². The Hall–Kier alpha value is -3.93. The Morgan fingerprint density at radius 3 is 2.48 bits per heavy atom. The third-order valence-electron chi connectivity index (χ3n) is 5.10. The number of rotatable bonds is 5. The molecule has 1 atom stereocenters. The number of carbonyl (C=O) groups excluding carboxylic acids is 2. The van der Waals surface area contributed by atoms with Gasteiger partial charge in [-0.1, -0.05) is 48.0 Å². The summed E-state index contributed by atoms with van der Waals surface area (Å²) in [5.74, 6) is -0.223. The Morgan fingerprint density at radius 1 is 1.00 bits per heavy atom. The van der Waals surface area contributed by atoms with Crippen LogP contribution < -0.4 is 5.32 Å². The fraction of sp³-hybridized carbons (Fsp3) is 0.160. The Labute approximate surface area is 180 Å². The van der Waals surface area contributed by atoms with Crippen LogP contribution in [0.2, 0.25) is 0 Å². The minimum Gasteiger partial charge on any atom is -0.449 e. The van der Waals surface area contributed by atoms with E-state index in [4.69, 9.17) is 4.74 Å². The molecule has 156 valence electrons. The second kappa shape index (κ2) is 8.44. The van der Waals surface area contributed by atoms with Gasteiger partial charge in [0.25, 0.3) is 5.91 Å². The second-order valence-corrected chi connectivity index (χ2v) is 7.54. The van der Waals surface area contributed by atoms with Gasteiger partial charge in [-0.3, -0.25) is 4.79 Å². The van der Waals surface area contributed by atoms with E-state index in [0.717, 1.165) is 28.0 Å². The molecule has 1 amide bonds. The number of carbonyl (C=O) groups is 2. The van der Waals surface area contributed by atoms with Gasteiger partial charge in [0.2, 0.25) is 0 Å². The van der Waals surface area contributed by atoms with Gasteiger partial charge in [0, 0.05) is 11.3 Å². The molecule has 0 saturated carbocycles. The monoisotopic (exact) mass is 413 g/mol. The second-order valence-electron chi connectivity index (χ2n) is 7.54. The Morgan fingerprint density at radius 2 is 1.74 bits per heavy atom. The number of benzene rings is 3. The van der Waals surface area contributed by atoms with E-state index in [-0.39, 0.29) is 5.91 Å². The summed E-state index contributed by atoms with van der Waals surface area (Å²) in [6, 6.07) is 20.6. The number of esters is 1. The SMILES string of the molecule is Cc1ccc(-c2nc3ccc(C(=O)OC(C)C(=O)Nc4ccccc4C)cc3[nH]2)cc1. The van der Waals surface area contributed by atoms with Gasteiger partial charge in [-0.05, 0) is 50.6 Å². The van der Waals surface area contributed by atoms with Gasteiger partial charge in [0.1, 0.15) is 5.82 Å². The predicted octanol–water partition coefficient (Wildman–Crippen LogP) is 5.03. The highest BCUT2D eigenvalue weighted by Gasteiger charge is 2.20. The van der Waals surface area contributed by atoms with Gasteiger partial charge in [-0.15, -0.1) is 0 Å². The summed E-state index contributed by atoms with van der Waals surface area (Å²) in [7, 11) is 0. The minimum absolute atomic E-state index is 0.349. The number of anilines is 1. The van der Waals surface area contributed by atoms with Crippen molar-refractivity contribution < 1.29 is 14.3 Å². The molecule has 0 bridgehead atoms. The number of ether oxygens (including phenoxy) is 1. The summed E-state index contributed by atoms with van der Waals surface area (Å²) in [5.41, 5.74) is 5.58. The largest absolute Gasteiger partial charge is 0.449 e. The van der Waals surface area contributed by atoms with Crippen LogP contribution in [0.25, 0.3) is 22.4 Å². The maximum atomic E-state index is 12.6.